The Balaban J connectivity index is 2.02. The Labute approximate surface area is 109 Å². The van der Waals surface area contributed by atoms with E-state index in [0.717, 1.165) is 4.88 Å². The maximum absolute atomic E-state index is 13.0. The highest BCUT2D eigenvalue weighted by atomic mass is 32.1. The van der Waals surface area contributed by atoms with Crippen LogP contribution in [-0.4, -0.2) is 18.8 Å². The Morgan fingerprint density at radius 2 is 2.28 bits per heavy atom. The molecule has 0 fully saturated rings. The van der Waals surface area contributed by atoms with Crippen molar-refractivity contribution in [1.82, 2.24) is 0 Å². The third-order valence-corrected chi connectivity index (χ3v) is 3.49. The number of thiophene rings is 1. The average Bonchev–Trinajstić information content (AvgIpc) is 2.90. The fourth-order valence-electron chi connectivity index (χ4n) is 1.60. The second-order valence-electron chi connectivity index (χ2n) is 3.76. The van der Waals surface area contributed by atoms with Crippen molar-refractivity contribution in [3.63, 3.8) is 0 Å². The number of aliphatic hydroxyl groups is 1. The molecule has 1 aromatic heterocycles. The summed E-state index contributed by atoms with van der Waals surface area (Å²) < 4.78 is 18.1. The van der Waals surface area contributed by atoms with Crippen LogP contribution in [0.1, 0.15) is 11.0 Å². The minimum atomic E-state index is -0.584. The lowest BCUT2D eigenvalue weighted by atomic mass is 10.2. The fraction of sp³-hybridized carbons (Fsp3) is 0.231. The number of hydrogen-bond acceptors (Lipinski definition) is 4. The summed E-state index contributed by atoms with van der Waals surface area (Å²) in [7, 11) is 1.48. The molecule has 3 nitrogen and oxygen atoms in total. The number of hydrogen-bond donors (Lipinski definition) is 2. The number of nitrogens with one attached hydrogen (secondary N) is 1. The SMILES string of the molecule is COc1cc(F)ccc1NCC(O)c1cccs1. The smallest absolute Gasteiger partial charge is 0.144 e. The van der Waals surface area contributed by atoms with Crippen molar-refractivity contribution in [1.29, 1.82) is 0 Å². The van der Waals surface area contributed by atoms with E-state index in [1.807, 2.05) is 17.5 Å². The highest BCUT2D eigenvalue weighted by Crippen LogP contribution is 2.26. The second kappa shape index (κ2) is 5.84. The average molecular weight is 267 g/mol. The number of rotatable bonds is 5. The summed E-state index contributed by atoms with van der Waals surface area (Å²) in [5, 5.41) is 14.9. The monoisotopic (exact) mass is 267 g/mol. The minimum Gasteiger partial charge on any atom is -0.494 e. The molecule has 2 aromatic rings. The summed E-state index contributed by atoms with van der Waals surface area (Å²) in [4.78, 5) is 0.892. The van der Waals surface area contributed by atoms with Gasteiger partial charge in [-0.1, -0.05) is 6.07 Å². The van der Waals surface area contributed by atoms with E-state index in [4.69, 9.17) is 4.74 Å². The Morgan fingerprint density at radius 1 is 1.44 bits per heavy atom. The van der Waals surface area contributed by atoms with Gasteiger partial charge in [0.25, 0.3) is 0 Å². The van der Waals surface area contributed by atoms with Gasteiger partial charge in [-0.2, -0.15) is 0 Å². The largest absolute Gasteiger partial charge is 0.494 e. The first-order valence-electron chi connectivity index (χ1n) is 5.49. The molecule has 0 bridgehead atoms. The minimum absolute atomic E-state index is 0.350. The molecule has 1 aromatic carbocycles. The van der Waals surface area contributed by atoms with Crippen molar-refractivity contribution >= 4 is 17.0 Å². The molecule has 0 spiro atoms. The predicted molar refractivity (Wildman–Crippen MR) is 70.7 cm³/mol. The number of anilines is 1. The van der Waals surface area contributed by atoms with Crippen LogP contribution < -0.4 is 10.1 Å². The van der Waals surface area contributed by atoms with Crippen molar-refractivity contribution in [3.8, 4) is 5.75 Å². The Morgan fingerprint density at radius 3 is 2.94 bits per heavy atom. The second-order valence-corrected chi connectivity index (χ2v) is 4.74. The van der Waals surface area contributed by atoms with Crippen LogP contribution >= 0.6 is 11.3 Å². The fourth-order valence-corrected chi connectivity index (χ4v) is 2.31. The first kappa shape index (κ1) is 12.9. The van der Waals surface area contributed by atoms with Crippen molar-refractivity contribution in [2.45, 2.75) is 6.10 Å². The van der Waals surface area contributed by atoms with Crippen molar-refractivity contribution < 1.29 is 14.2 Å². The first-order chi connectivity index (χ1) is 8.70. The maximum atomic E-state index is 13.0. The number of aliphatic hydroxyl groups excluding tert-OH is 1. The van der Waals surface area contributed by atoms with E-state index in [2.05, 4.69) is 5.32 Å². The van der Waals surface area contributed by atoms with Gasteiger partial charge < -0.3 is 15.2 Å². The number of ether oxygens (including phenoxy) is 1. The molecule has 0 aliphatic rings. The van der Waals surface area contributed by atoms with Crippen molar-refractivity contribution in [3.05, 3.63) is 46.4 Å². The summed E-state index contributed by atoms with van der Waals surface area (Å²) >= 11 is 1.50. The third-order valence-electron chi connectivity index (χ3n) is 2.52. The predicted octanol–water partition coefficient (Wildman–Crippen LogP) is 3.04. The Hall–Kier alpha value is -1.59. The Kier molecular flexibility index (Phi) is 4.17. The summed E-state index contributed by atoms with van der Waals surface area (Å²) in [6.45, 7) is 0.350. The van der Waals surface area contributed by atoms with E-state index in [9.17, 15) is 9.50 Å². The van der Waals surface area contributed by atoms with Gasteiger partial charge in [0, 0.05) is 17.5 Å². The van der Waals surface area contributed by atoms with E-state index in [1.54, 1.807) is 6.07 Å². The summed E-state index contributed by atoms with van der Waals surface area (Å²) in [5.41, 5.74) is 0.662. The van der Waals surface area contributed by atoms with E-state index in [0.29, 0.717) is 18.0 Å². The van der Waals surface area contributed by atoms with Gasteiger partial charge in [-0.15, -0.1) is 11.3 Å². The molecule has 0 radical (unpaired) electrons. The zero-order valence-corrected chi connectivity index (χ0v) is 10.7. The molecule has 2 rings (SSSR count). The van der Waals surface area contributed by atoms with Gasteiger partial charge in [0.1, 0.15) is 17.7 Å². The zero-order valence-electron chi connectivity index (χ0n) is 9.89. The van der Waals surface area contributed by atoms with E-state index in [-0.39, 0.29) is 5.82 Å². The van der Waals surface area contributed by atoms with Crippen molar-refractivity contribution in [2.24, 2.45) is 0 Å². The standard InChI is InChI=1S/C13H14FNO2S/c1-17-12-7-9(14)4-5-10(12)15-8-11(16)13-3-2-6-18-13/h2-7,11,15-16H,8H2,1H3. The van der Waals surface area contributed by atoms with Crippen LogP contribution in [0, 0.1) is 5.82 Å². The molecule has 0 aliphatic heterocycles. The first-order valence-corrected chi connectivity index (χ1v) is 6.37. The van der Waals surface area contributed by atoms with Crippen LogP contribution in [0.15, 0.2) is 35.7 Å². The summed E-state index contributed by atoms with van der Waals surface area (Å²) in [6, 6.07) is 8.01. The molecule has 2 N–H and O–H groups in total. The van der Waals surface area contributed by atoms with Crippen LogP contribution in [0.25, 0.3) is 0 Å². The van der Waals surface area contributed by atoms with Crippen LogP contribution in [0.2, 0.25) is 0 Å². The highest BCUT2D eigenvalue weighted by Gasteiger charge is 2.10. The zero-order chi connectivity index (χ0) is 13.0. The number of benzene rings is 1. The third kappa shape index (κ3) is 3.00. The molecule has 0 saturated heterocycles. The highest BCUT2D eigenvalue weighted by molar-refractivity contribution is 7.10. The van der Waals surface area contributed by atoms with Gasteiger partial charge in [0.05, 0.1) is 12.8 Å². The number of halogens is 1. The van der Waals surface area contributed by atoms with E-state index >= 15 is 0 Å². The topological polar surface area (TPSA) is 41.5 Å². The maximum Gasteiger partial charge on any atom is 0.144 e. The van der Waals surface area contributed by atoms with Gasteiger partial charge in [0.15, 0.2) is 0 Å². The Bertz CT molecular complexity index is 502. The van der Waals surface area contributed by atoms with Crippen molar-refractivity contribution in [2.75, 3.05) is 19.0 Å². The molecule has 0 amide bonds. The molecule has 1 atom stereocenters. The molecule has 96 valence electrons. The van der Waals surface area contributed by atoms with E-state index < -0.39 is 6.10 Å². The molecule has 5 heteroatoms. The molecule has 1 unspecified atom stereocenters. The summed E-state index contributed by atoms with van der Waals surface area (Å²) in [5.74, 6) is 0.0737. The lowest BCUT2D eigenvalue weighted by Crippen LogP contribution is -2.11. The van der Waals surface area contributed by atoms with E-state index in [1.165, 1.54) is 30.6 Å². The van der Waals surface area contributed by atoms with Gasteiger partial charge in [-0.05, 0) is 23.6 Å². The quantitative estimate of drug-likeness (QED) is 0.875. The molecule has 0 saturated carbocycles. The number of methoxy groups -OCH3 is 1. The molecule has 18 heavy (non-hydrogen) atoms. The molecule has 1 heterocycles. The van der Waals surface area contributed by atoms with Crippen LogP contribution in [0.3, 0.4) is 0 Å². The van der Waals surface area contributed by atoms with Crippen LogP contribution in [0.5, 0.6) is 5.75 Å². The lowest BCUT2D eigenvalue weighted by Gasteiger charge is -2.14. The lowest BCUT2D eigenvalue weighted by molar-refractivity contribution is 0.195. The summed E-state index contributed by atoms with van der Waals surface area (Å²) in [6.07, 6.45) is -0.584. The van der Waals surface area contributed by atoms with Gasteiger partial charge in [0.2, 0.25) is 0 Å². The molecule has 0 aliphatic carbocycles. The van der Waals surface area contributed by atoms with Crippen LogP contribution in [-0.2, 0) is 0 Å². The normalized spacial score (nSPS) is 12.2. The van der Waals surface area contributed by atoms with Crippen LogP contribution in [0.4, 0.5) is 10.1 Å². The molecular weight excluding hydrogens is 253 g/mol. The molecular formula is C13H14FNO2S. The van der Waals surface area contributed by atoms with Gasteiger partial charge in [-0.25, -0.2) is 4.39 Å². The van der Waals surface area contributed by atoms with Gasteiger partial charge >= 0.3 is 0 Å². The van der Waals surface area contributed by atoms with Gasteiger partial charge in [-0.3, -0.25) is 0 Å².